The van der Waals surface area contributed by atoms with Gasteiger partial charge in [-0.3, -0.25) is 4.79 Å². The molecule has 0 bridgehead atoms. The number of rotatable bonds is 6. The third kappa shape index (κ3) is 5.47. The van der Waals surface area contributed by atoms with E-state index in [1.54, 1.807) is 25.1 Å². The summed E-state index contributed by atoms with van der Waals surface area (Å²) in [6.45, 7) is 3.42. The van der Waals surface area contributed by atoms with E-state index in [-0.39, 0.29) is 11.3 Å². The van der Waals surface area contributed by atoms with Gasteiger partial charge in [0.05, 0.1) is 12.2 Å². The van der Waals surface area contributed by atoms with Gasteiger partial charge in [-0.05, 0) is 44.2 Å². The Morgan fingerprint density at radius 1 is 1.11 bits per heavy atom. The molecule has 0 fully saturated rings. The summed E-state index contributed by atoms with van der Waals surface area (Å²) in [5, 5.41) is 2.30. The topological polar surface area (TPSA) is 64.6 Å². The van der Waals surface area contributed by atoms with Gasteiger partial charge >= 0.3 is 12.1 Å². The highest BCUT2D eigenvalue weighted by Gasteiger charge is 2.30. The molecule has 0 aliphatic carbocycles. The van der Waals surface area contributed by atoms with Crippen LogP contribution in [-0.4, -0.2) is 24.6 Å². The van der Waals surface area contributed by atoms with Crippen molar-refractivity contribution in [1.29, 1.82) is 0 Å². The summed E-state index contributed by atoms with van der Waals surface area (Å²) in [6, 6.07) is 10.6. The van der Waals surface area contributed by atoms with Crippen molar-refractivity contribution in [2.45, 2.75) is 26.1 Å². The second-order valence-corrected chi connectivity index (χ2v) is 5.54. The smallest absolute Gasteiger partial charge is 0.416 e. The Hall–Kier alpha value is -3.03. The maximum Gasteiger partial charge on any atom is 0.416 e. The van der Waals surface area contributed by atoms with Gasteiger partial charge < -0.3 is 14.8 Å². The summed E-state index contributed by atoms with van der Waals surface area (Å²) in [7, 11) is 0. The predicted molar refractivity (Wildman–Crippen MR) is 92.6 cm³/mol. The molecule has 0 aliphatic heterocycles. The Labute approximate surface area is 154 Å². The van der Waals surface area contributed by atoms with Gasteiger partial charge in [-0.2, -0.15) is 13.2 Å². The second-order valence-electron chi connectivity index (χ2n) is 5.54. The number of para-hydroxylation sites is 1. The number of hydrogen-bond acceptors (Lipinski definition) is 4. The number of halogens is 3. The van der Waals surface area contributed by atoms with Crippen LogP contribution in [0.5, 0.6) is 5.75 Å². The maximum atomic E-state index is 12.7. The van der Waals surface area contributed by atoms with E-state index in [0.29, 0.717) is 12.4 Å². The van der Waals surface area contributed by atoms with Crippen molar-refractivity contribution < 1.29 is 32.2 Å². The van der Waals surface area contributed by atoms with Crippen LogP contribution in [-0.2, 0) is 15.7 Å². The summed E-state index contributed by atoms with van der Waals surface area (Å²) in [4.78, 5) is 24.4. The first-order valence-electron chi connectivity index (χ1n) is 8.13. The Kier molecular flexibility index (Phi) is 6.44. The molecule has 1 atom stereocenters. The SMILES string of the molecule is CCOc1ccccc1C(=O)O[C@H](C)C(=O)Nc1cccc(C(F)(F)F)c1. The second kappa shape index (κ2) is 8.57. The average Bonchev–Trinajstić information content (AvgIpc) is 2.61. The van der Waals surface area contributed by atoms with Crippen molar-refractivity contribution in [1.82, 2.24) is 0 Å². The number of amides is 1. The summed E-state index contributed by atoms with van der Waals surface area (Å²) in [5.74, 6) is -1.21. The number of benzene rings is 2. The summed E-state index contributed by atoms with van der Waals surface area (Å²) < 4.78 is 48.6. The number of carbonyl (C=O) groups is 2. The predicted octanol–water partition coefficient (Wildman–Crippen LogP) is 4.29. The van der Waals surface area contributed by atoms with Crippen LogP contribution in [0.25, 0.3) is 0 Å². The molecule has 0 saturated carbocycles. The van der Waals surface area contributed by atoms with Crippen LogP contribution >= 0.6 is 0 Å². The number of hydrogen-bond donors (Lipinski definition) is 1. The molecular formula is C19H18F3NO4. The van der Waals surface area contributed by atoms with E-state index in [0.717, 1.165) is 12.1 Å². The van der Waals surface area contributed by atoms with E-state index in [1.165, 1.54) is 25.1 Å². The number of esters is 1. The third-order valence-corrected chi connectivity index (χ3v) is 3.52. The van der Waals surface area contributed by atoms with E-state index >= 15 is 0 Å². The highest BCUT2D eigenvalue weighted by Crippen LogP contribution is 2.30. The zero-order valence-corrected chi connectivity index (χ0v) is 14.7. The minimum absolute atomic E-state index is 0.0487. The lowest BCUT2D eigenvalue weighted by molar-refractivity contribution is -0.137. The molecule has 2 rings (SSSR count). The van der Waals surface area contributed by atoms with Crippen LogP contribution in [0, 0.1) is 0 Å². The fraction of sp³-hybridized carbons (Fsp3) is 0.263. The van der Waals surface area contributed by atoms with Crippen LogP contribution < -0.4 is 10.1 Å². The van der Waals surface area contributed by atoms with E-state index in [1.807, 2.05) is 0 Å². The standard InChI is InChI=1S/C19H18F3NO4/c1-3-26-16-10-5-4-9-15(16)18(25)27-12(2)17(24)23-14-8-6-7-13(11-14)19(20,21)22/h4-12H,3H2,1-2H3,(H,23,24)/t12-/m1/s1. The summed E-state index contributed by atoms with van der Waals surface area (Å²) in [6.07, 6.45) is -5.75. The molecule has 144 valence electrons. The van der Waals surface area contributed by atoms with E-state index in [2.05, 4.69) is 5.32 Å². The number of ether oxygens (including phenoxy) is 2. The minimum atomic E-state index is -4.53. The molecule has 1 amide bonds. The number of nitrogens with one attached hydrogen (secondary N) is 1. The molecule has 2 aromatic rings. The zero-order chi connectivity index (χ0) is 20.0. The van der Waals surface area contributed by atoms with E-state index in [4.69, 9.17) is 9.47 Å². The van der Waals surface area contributed by atoms with Gasteiger partial charge in [0.15, 0.2) is 6.10 Å². The Bertz CT molecular complexity index is 821. The van der Waals surface area contributed by atoms with Crippen LogP contribution in [0.15, 0.2) is 48.5 Å². The first-order valence-corrected chi connectivity index (χ1v) is 8.13. The third-order valence-electron chi connectivity index (χ3n) is 3.52. The largest absolute Gasteiger partial charge is 0.493 e. The van der Waals surface area contributed by atoms with Gasteiger partial charge in [-0.25, -0.2) is 4.79 Å². The van der Waals surface area contributed by atoms with Crippen molar-refractivity contribution in [3.8, 4) is 5.75 Å². The van der Waals surface area contributed by atoms with Gasteiger partial charge in [-0.1, -0.05) is 18.2 Å². The minimum Gasteiger partial charge on any atom is -0.493 e. The van der Waals surface area contributed by atoms with Crippen LogP contribution in [0.3, 0.4) is 0 Å². The lowest BCUT2D eigenvalue weighted by atomic mass is 10.2. The van der Waals surface area contributed by atoms with Crippen LogP contribution in [0.2, 0.25) is 0 Å². The fourth-order valence-electron chi connectivity index (χ4n) is 2.21. The van der Waals surface area contributed by atoms with E-state index < -0.39 is 29.7 Å². The molecule has 0 heterocycles. The molecule has 0 aliphatic rings. The molecule has 1 N–H and O–H groups in total. The number of alkyl halides is 3. The van der Waals surface area contributed by atoms with Crippen molar-refractivity contribution in [2.24, 2.45) is 0 Å². The van der Waals surface area contributed by atoms with Crippen LogP contribution in [0.4, 0.5) is 18.9 Å². The fourth-order valence-corrected chi connectivity index (χ4v) is 2.21. The van der Waals surface area contributed by atoms with Crippen molar-refractivity contribution in [3.05, 3.63) is 59.7 Å². The molecule has 27 heavy (non-hydrogen) atoms. The summed E-state index contributed by atoms with van der Waals surface area (Å²) in [5.41, 5.74) is -0.791. The Morgan fingerprint density at radius 3 is 2.48 bits per heavy atom. The highest BCUT2D eigenvalue weighted by atomic mass is 19.4. The number of carbonyl (C=O) groups excluding carboxylic acids is 2. The van der Waals surface area contributed by atoms with Crippen LogP contribution in [0.1, 0.15) is 29.8 Å². The van der Waals surface area contributed by atoms with E-state index in [9.17, 15) is 22.8 Å². The van der Waals surface area contributed by atoms with Gasteiger partial charge in [-0.15, -0.1) is 0 Å². The van der Waals surface area contributed by atoms with Gasteiger partial charge in [0.1, 0.15) is 11.3 Å². The van der Waals surface area contributed by atoms with Gasteiger partial charge in [0.25, 0.3) is 5.91 Å². The highest BCUT2D eigenvalue weighted by molar-refractivity contribution is 5.98. The average molecular weight is 381 g/mol. The molecule has 0 radical (unpaired) electrons. The molecule has 5 nitrogen and oxygen atoms in total. The number of anilines is 1. The Balaban J connectivity index is 2.05. The Morgan fingerprint density at radius 2 is 1.81 bits per heavy atom. The molecule has 0 spiro atoms. The normalized spacial score (nSPS) is 12.2. The monoisotopic (exact) mass is 381 g/mol. The maximum absolute atomic E-state index is 12.7. The quantitative estimate of drug-likeness (QED) is 0.759. The lowest BCUT2D eigenvalue weighted by Crippen LogP contribution is -2.30. The van der Waals surface area contributed by atoms with Gasteiger partial charge in [0.2, 0.25) is 0 Å². The summed E-state index contributed by atoms with van der Waals surface area (Å²) >= 11 is 0. The molecule has 0 saturated heterocycles. The van der Waals surface area contributed by atoms with Crippen molar-refractivity contribution in [2.75, 3.05) is 11.9 Å². The van der Waals surface area contributed by atoms with Gasteiger partial charge in [0, 0.05) is 5.69 Å². The van der Waals surface area contributed by atoms with Crippen molar-refractivity contribution in [3.63, 3.8) is 0 Å². The molecule has 8 heteroatoms. The lowest BCUT2D eigenvalue weighted by Gasteiger charge is -2.15. The molecule has 0 unspecified atom stereocenters. The molecular weight excluding hydrogens is 363 g/mol. The zero-order valence-electron chi connectivity index (χ0n) is 14.7. The molecule has 2 aromatic carbocycles. The van der Waals surface area contributed by atoms with Crippen molar-refractivity contribution >= 4 is 17.6 Å². The first-order chi connectivity index (χ1) is 12.7. The molecule has 0 aromatic heterocycles. The first kappa shape index (κ1) is 20.3.